The molecular weight excluding hydrogens is 221 g/mol. The van der Waals surface area contributed by atoms with Crippen LogP contribution in [0, 0.1) is 11.7 Å². The number of hydrogen-bond acceptors (Lipinski definition) is 2. The maximum Gasteiger partial charge on any atom is 0.320 e. The topological polar surface area (TPSA) is 49.3 Å². The predicted molar refractivity (Wildman–Crippen MR) is 62.1 cm³/mol. The molecule has 0 aromatic heterocycles. The number of rotatable bonds is 5. The molecule has 2 rings (SSSR count). The van der Waals surface area contributed by atoms with E-state index in [1.165, 1.54) is 6.07 Å². The van der Waals surface area contributed by atoms with Gasteiger partial charge in [0, 0.05) is 11.6 Å². The van der Waals surface area contributed by atoms with Crippen LogP contribution in [0.4, 0.5) is 4.39 Å². The van der Waals surface area contributed by atoms with Crippen molar-refractivity contribution in [2.24, 2.45) is 5.92 Å². The molecule has 1 saturated carbocycles. The highest BCUT2D eigenvalue weighted by Crippen LogP contribution is 2.34. The Morgan fingerprint density at radius 1 is 1.47 bits per heavy atom. The van der Waals surface area contributed by atoms with Crippen LogP contribution in [0.2, 0.25) is 0 Å². The first-order chi connectivity index (χ1) is 8.09. The van der Waals surface area contributed by atoms with E-state index >= 15 is 0 Å². The Morgan fingerprint density at radius 3 is 2.65 bits per heavy atom. The van der Waals surface area contributed by atoms with E-state index in [1.54, 1.807) is 25.1 Å². The van der Waals surface area contributed by atoms with E-state index in [4.69, 9.17) is 5.11 Å². The zero-order chi connectivity index (χ0) is 12.4. The number of carboxylic acids is 1. The molecule has 0 amide bonds. The standard InChI is InChI=1S/C13H16FNO2/c1-8(10-4-2-3-5-11(10)14)15-12(13(16)17)9-6-7-9/h2-5,8-9,12,15H,6-7H2,1H3,(H,16,17)/t8-,12?/m1/s1. The molecule has 1 unspecified atom stereocenters. The lowest BCUT2D eigenvalue weighted by Gasteiger charge is -2.20. The molecule has 0 bridgehead atoms. The van der Waals surface area contributed by atoms with Gasteiger partial charge in [-0.15, -0.1) is 0 Å². The molecule has 0 heterocycles. The second-order valence-corrected chi connectivity index (χ2v) is 4.56. The molecule has 2 atom stereocenters. The summed E-state index contributed by atoms with van der Waals surface area (Å²) in [5.41, 5.74) is 0.513. The van der Waals surface area contributed by atoms with Crippen molar-refractivity contribution in [3.05, 3.63) is 35.6 Å². The van der Waals surface area contributed by atoms with Crippen LogP contribution in [0.25, 0.3) is 0 Å². The zero-order valence-corrected chi connectivity index (χ0v) is 9.69. The summed E-state index contributed by atoms with van der Waals surface area (Å²) in [4.78, 5) is 11.1. The second kappa shape index (κ2) is 4.84. The van der Waals surface area contributed by atoms with Crippen LogP contribution in [0.5, 0.6) is 0 Å². The van der Waals surface area contributed by atoms with Crippen LogP contribution in [-0.4, -0.2) is 17.1 Å². The number of nitrogens with one attached hydrogen (secondary N) is 1. The van der Waals surface area contributed by atoms with Crippen molar-refractivity contribution in [1.29, 1.82) is 0 Å². The number of carboxylic acid groups (broad SMARTS) is 1. The molecule has 4 heteroatoms. The average Bonchev–Trinajstić information content (AvgIpc) is 3.09. The molecule has 17 heavy (non-hydrogen) atoms. The second-order valence-electron chi connectivity index (χ2n) is 4.56. The van der Waals surface area contributed by atoms with Crippen molar-refractivity contribution >= 4 is 5.97 Å². The largest absolute Gasteiger partial charge is 0.480 e. The van der Waals surface area contributed by atoms with Gasteiger partial charge in [-0.2, -0.15) is 0 Å². The van der Waals surface area contributed by atoms with Crippen molar-refractivity contribution in [1.82, 2.24) is 5.32 Å². The van der Waals surface area contributed by atoms with Crippen LogP contribution in [0.15, 0.2) is 24.3 Å². The molecule has 2 N–H and O–H groups in total. The van der Waals surface area contributed by atoms with E-state index in [0.29, 0.717) is 5.56 Å². The van der Waals surface area contributed by atoms with Gasteiger partial charge in [0.15, 0.2) is 0 Å². The first-order valence-corrected chi connectivity index (χ1v) is 5.83. The number of carbonyl (C=O) groups is 1. The lowest BCUT2D eigenvalue weighted by molar-refractivity contribution is -0.140. The molecule has 1 aliphatic rings. The van der Waals surface area contributed by atoms with Crippen molar-refractivity contribution in [2.75, 3.05) is 0 Å². The number of aliphatic carboxylic acids is 1. The van der Waals surface area contributed by atoms with Crippen molar-refractivity contribution in [3.8, 4) is 0 Å². The third-order valence-corrected chi connectivity index (χ3v) is 3.16. The number of hydrogen-bond donors (Lipinski definition) is 2. The molecular formula is C13H16FNO2. The fourth-order valence-electron chi connectivity index (χ4n) is 2.02. The summed E-state index contributed by atoms with van der Waals surface area (Å²) in [5.74, 6) is -0.954. The molecule has 0 aliphatic heterocycles. The minimum absolute atomic E-state index is 0.196. The van der Waals surface area contributed by atoms with Crippen LogP contribution < -0.4 is 5.32 Å². The molecule has 0 radical (unpaired) electrons. The molecule has 0 spiro atoms. The van der Waals surface area contributed by atoms with E-state index in [1.807, 2.05) is 0 Å². The fraction of sp³-hybridized carbons (Fsp3) is 0.462. The highest BCUT2D eigenvalue weighted by Gasteiger charge is 2.37. The van der Waals surface area contributed by atoms with Gasteiger partial charge in [-0.3, -0.25) is 10.1 Å². The van der Waals surface area contributed by atoms with Gasteiger partial charge in [-0.05, 0) is 31.7 Å². The quantitative estimate of drug-likeness (QED) is 0.826. The van der Waals surface area contributed by atoms with Crippen LogP contribution in [0.1, 0.15) is 31.4 Å². The SMILES string of the molecule is C[C@@H](NC(C(=O)O)C1CC1)c1ccccc1F. The fourth-order valence-corrected chi connectivity index (χ4v) is 2.02. The van der Waals surface area contributed by atoms with E-state index in [-0.39, 0.29) is 17.8 Å². The molecule has 92 valence electrons. The smallest absolute Gasteiger partial charge is 0.320 e. The summed E-state index contributed by atoms with van der Waals surface area (Å²) in [6, 6.07) is 5.59. The highest BCUT2D eigenvalue weighted by molar-refractivity contribution is 5.74. The zero-order valence-electron chi connectivity index (χ0n) is 9.69. The molecule has 1 aliphatic carbocycles. The van der Waals surface area contributed by atoms with Crippen molar-refractivity contribution < 1.29 is 14.3 Å². The van der Waals surface area contributed by atoms with E-state index in [9.17, 15) is 9.18 Å². The molecule has 1 fully saturated rings. The van der Waals surface area contributed by atoms with Crippen molar-refractivity contribution in [2.45, 2.75) is 31.8 Å². The van der Waals surface area contributed by atoms with Crippen LogP contribution >= 0.6 is 0 Å². The van der Waals surface area contributed by atoms with E-state index < -0.39 is 12.0 Å². The Morgan fingerprint density at radius 2 is 2.12 bits per heavy atom. The Kier molecular flexibility index (Phi) is 3.43. The Hall–Kier alpha value is -1.42. The summed E-state index contributed by atoms with van der Waals surface area (Å²) in [6.45, 7) is 1.79. The summed E-state index contributed by atoms with van der Waals surface area (Å²) in [7, 11) is 0. The minimum atomic E-state index is -0.851. The first kappa shape index (κ1) is 12.0. The molecule has 1 aromatic carbocycles. The molecule has 3 nitrogen and oxygen atoms in total. The summed E-state index contributed by atoms with van der Waals surface area (Å²) in [5, 5.41) is 12.1. The molecule has 0 saturated heterocycles. The van der Waals surface area contributed by atoms with Crippen LogP contribution in [0.3, 0.4) is 0 Å². The Balaban J connectivity index is 2.07. The number of halogens is 1. The van der Waals surface area contributed by atoms with Gasteiger partial charge >= 0.3 is 5.97 Å². The monoisotopic (exact) mass is 237 g/mol. The highest BCUT2D eigenvalue weighted by atomic mass is 19.1. The lowest BCUT2D eigenvalue weighted by atomic mass is 10.1. The van der Waals surface area contributed by atoms with Gasteiger partial charge in [0.2, 0.25) is 0 Å². The third-order valence-electron chi connectivity index (χ3n) is 3.16. The van der Waals surface area contributed by atoms with E-state index in [0.717, 1.165) is 12.8 Å². The van der Waals surface area contributed by atoms with Gasteiger partial charge in [0.05, 0.1) is 0 Å². The minimum Gasteiger partial charge on any atom is -0.480 e. The Bertz CT molecular complexity index is 418. The third kappa shape index (κ3) is 2.82. The van der Waals surface area contributed by atoms with Gasteiger partial charge in [0.1, 0.15) is 11.9 Å². The van der Waals surface area contributed by atoms with Crippen LogP contribution in [-0.2, 0) is 4.79 Å². The average molecular weight is 237 g/mol. The van der Waals surface area contributed by atoms with Crippen molar-refractivity contribution in [3.63, 3.8) is 0 Å². The normalized spacial score (nSPS) is 18.7. The lowest BCUT2D eigenvalue weighted by Crippen LogP contribution is -2.40. The Labute approximate surface area is 99.7 Å². The first-order valence-electron chi connectivity index (χ1n) is 5.83. The molecule has 1 aromatic rings. The predicted octanol–water partition coefficient (Wildman–Crippen LogP) is 2.34. The maximum atomic E-state index is 13.5. The summed E-state index contributed by atoms with van der Waals surface area (Å²) in [6.07, 6.45) is 1.88. The van der Waals surface area contributed by atoms with Gasteiger partial charge in [-0.25, -0.2) is 4.39 Å². The maximum absolute atomic E-state index is 13.5. The van der Waals surface area contributed by atoms with E-state index in [2.05, 4.69) is 5.32 Å². The van der Waals surface area contributed by atoms with Gasteiger partial charge < -0.3 is 5.11 Å². The summed E-state index contributed by atoms with van der Waals surface area (Å²) < 4.78 is 13.5. The summed E-state index contributed by atoms with van der Waals surface area (Å²) >= 11 is 0. The van der Waals surface area contributed by atoms with Gasteiger partial charge in [-0.1, -0.05) is 18.2 Å². The number of benzene rings is 1. The van der Waals surface area contributed by atoms with Gasteiger partial charge in [0.25, 0.3) is 0 Å².